The van der Waals surface area contributed by atoms with Crippen LogP contribution in [0.1, 0.15) is 20.3 Å². The van der Waals surface area contributed by atoms with E-state index in [-0.39, 0.29) is 0 Å². The summed E-state index contributed by atoms with van der Waals surface area (Å²) in [5.41, 5.74) is 0. The van der Waals surface area contributed by atoms with E-state index in [0.717, 1.165) is 4.48 Å². The summed E-state index contributed by atoms with van der Waals surface area (Å²) in [7, 11) is 4.34. The van der Waals surface area contributed by atoms with Crippen LogP contribution in [-0.2, 0) is 0 Å². The van der Waals surface area contributed by atoms with Gasteiger partial charge < -0.3 is 4.48 Å². The quantitative estimate of drug-likeness (QED) is 0.510. The highest BCUT2D eigenvalue weighted by Crippen LogP contribution is 2.08. The maximum Gasteiger partial charge on any atom is 0.0896 e. The molecule has 54 valence electrons. The van der Waals surface area contributed by atoms with Crippen molar-refractivity contribution in [1.29, 1.82) is 0 Å². The molecule has 0 fully saturated rings. The summed E-state index contributed by atoms with van der Waals surface area (Å²) in [6, 6.07) is 0.683. The van der Waals surface area contributed by atoms with Crippen LogP contribution in [0.15, 0.2) is 12.8 Å². The van der Waals surface area contributed by atoms with Gasteiger partial charge in [-0.1, -0.05) is 6.92 Å². The van der Waals surface area contributed by atoms with Crippen LogP contribution in [0.5, 0.6) is 0 Å². The van der Waals surface area contributed by atoms with Crippen LogP contribution in [0.2, 0.25) is 0 Å². The van der Waals surface area contributed by atoms with Gasteiger partial charge in [-0.3, -0.25) is 0 Å². The Morgan fingerprint density at radius 3 is 2.11 bits per heavy atom. The fourth-order valence-corrected chi connectivity index (χ4v) is 0.651. The van der Waals surface area contributed by atoms with Gasteiger partial charge in [-0.2, -0.15) is 0 Å². The lowest BCUT2D eigenvalue weighted by Gasteiger charge is -2.30. The molecule has 0 saturated carbocycles. The van der Waals surface area contributed by atoms with E-state index in [4.69, 9.17) is 0 Å². The highest BCUT2D eigenvalue weighted by molar-refractivity contribution is 4.56. The minimum atomic E-state index is 0.683. The van der Waals surface area contributed by atoms with E-state index in [9.17, 15) is 0 Å². The van der Waals surface area contributed by atoms with E-state index in [1.54, 1.807) is 0 Å². The number of hydrogen-bond acceptors (Lipinski definition) is 0. The van der Waals surface area contributed by atoms with Crippen molar-refractivity contribution >= 4 is 0 Å². The van der Waals surface area contributed by atoms with Crippen LogP contribution in [0.4, 0.5) is 0 Å². The minimum absolute atomic E-state index is 0.683. The van der Waals surface area contributed by atoms with Crippen LogP contribution in [-0.4, -0.2) is 24.6 Å². The molecule has 0 N–H and O–H groups in total. The second kappa shape index (κ2) is 3.02. The lowest BCUT2D eigenvalue weighted by molar-refractivity contribution is -0.863. The number of nitrogens with zero attached hydrogens (tertiary/aromatic N) is 1. The molecule has 0 aliphatic carbocycles. The van der Waals surface area contributed by atoms with Crippen molar-refractivity contribution in [2.45, 2.75) is 26.3 Å². The topological polar surface area (TPSA) is 0 Å². The lowest BCUT2D eigenvalue weighted by atomic mass is 10.2. The molecule has 0 spiro atoms. The van der Waals surface area contributed by atoms with Crippen molar-refractivity contribution in [3.05, 3.63) is 12.8 Å². The van der Waals surface area contributed by atoms with E-state index in [1.165, 1.54) is 6.42 Å². The number of quaternary nitrogens is 1. The summed E-state index contributed by atoms with van der Waals surface area (Å²) in [6.07, 6.45) is 3.19. The van der Waals surface area contributed by atoms with E-state index in [2.05, 4.69) is 34.5 Å². The zero-order valence-electron chi connectivity index (χ0n) is 7.02. The molecule has 0 aromatic heterocycles. The van der Waals surface area contributed by atoms with E-state index >= 15 is 0 Å². The summed E-state index contributed by atoms with van der Waals surface area (Å²) >= 11 is 0. The molecular weight excluding hydrogens is 110 g/mol. The van der Waals surface area contributed by atoms with Gasteiger partial charge >= 0.3 is 0 Å². The normalized spacial score (nSPS) is 15.1. The van der Waals surface area contributed by atoms with Gasteiger partial charge in [0.1, 0.15) is 0 Å². The fraction of sp³-hybridized carbons (Fsp3) is 0.750. The van der Waals surface area contributed by atoms with Gasteiger partial charge in [0, 0.05) is 0 Å². The molecule has 1 nitrogen and oxygen atoms in total. The summed E-state index contributed by atoms with van der Waals surface area (Å²) in [6.45, 7) is 8.21. The monoisotopic (exact) mass is 128 g/mol. The highest BCUT2D eigenvalue weighted by Gasteiger charge is 2.17. The molecule has 0 aromatic rings. The molecule has 0 radical (unpaired) electrons. The van der Waals surface area contributed by atoms with Gasteiger partial charge in [-0.25, -0.2) is 0 Å². The predicted octanol–water partition coefficient (Wildman–Crippen LogP) is 2.00. The number of rotatable bonds is 3. The molecule has 0 amide bonds. The lowest BCUT2D eigenvalue weighted by Crippen LogP contribution is -2.41. The van der Waals surface area contributed by atoms with Crippen molar-refractivity contribution in [3.8, 4) is 0 Å². The summed E-state index contributed by atoms with van der Waals surface area (Å²) in [4.78, 5) is 0. The van der Waals surface area contributed by atoms with Crippen molar-refractivity contribution in [3.63, 3.8) is 0 Å². The van der Waals surface area contributed by atoms with Gasteiger partial charge in [-0.05, 0) is 19.9 Å². The Morgan fingerprint density at radius 2 is 2.00 bits per heavy atom. The first-order chi connectivity index (χ1) is 4.04. The predicted molar refractivity (Wildman–Crippen MR) is 42.1 cm³/mol. The Labute approximate surface area is 58.6 Å². The summed E-state index contributed by atoms with van der Waals surface area (Å²) < 4.78 is 0.913. The SMILES string of the molecule is C=C[N+](C)(C)C(C)CC. The van der Waals surface area contributed by atoms with Crippen molar-refractivity contribution in [2.75, 3.05) is 14.1 Å². The molecule has 0 saturated heterocycles. The smallest absolute Gasteiger partial charge is 0.0896 e. The molecule has 9 heavy (non-hydrogen) atoms. The Morgan fingerprint density at radius 1 is 1.56 bits per heavy atom. The van der Waals surface area contributed by atoms with E-state index in [1.807, 2.05) is 6.20 Å². The Bertz CT molecular complexity index is 94.7. The molecule has 1 heteroatoms. The minimum Gasteiger partial charge on any atom is -0.300 e. The van der Waals surface area contributed by atoms with Gasteiger partial charge in [0.2, 0.25) is 0 Å². The number of hydrogen-bond donors (Lipinski definition) is 0. The third-order valence-electron chi connectivity index (χ3n) is 2.20. The molecule has 1 atom stereocenters. The Kier molecular flexibility index (Phi) is 2.92. The molecule has 0 aliphatic rings. The first-order valence-corrected chi connectivity index (χ1v) is 3.51. The third kappa shape index (κ3) is 2.19. The van der Waals surface area contributed by atoms with E-state index < -0.39 is 0 Å². The maximum atomic E-state index is 3.77. The third-order valence-corrected chi connectivity index (χ3v) is 2.20. The second-order valence-corrected chi connectivity index (χ2v) is 3.07. The van der Waals surface area contributed by atoms with Crippen LogP contribution < -0.4 is 0 Å². The summed E-state index contributed by atoms with van der Waals surface area (Å²) in [5.74, 6) is 0. The molecule has 0 heterocycles. The van der Waals surface area contributed by atoms with E-state index in [0.29, 0.717) is 6.04 Å². The van der Waals surface area contributed by atoms with Crippen LogP contribution >= 0.6 is 0 Å². The average Bonchev–Trinajstić information content (AvgIpc) is 1.86. The molecule has 0 rings (SSSR count). The van der Waals surface area contributed by atoms with Crippen LogP contribution in [0.25, 0.3) is 0 Å². The van der Waals surface area contributed by atoms with Crippen LogP contribution in [0, 0.1) is 0 Å². The fourth-order valence-electron chi connectivity index (χ4n) is 0.651. The Balaban J connectivity index is 3.95. The van der Waals surface area contributed by atoms with Crippen LogP contribution in [0.3, 0.4) is 0 Å². The summed E-state index contributed by atoms with van der Waals surface area (Å²) in [5, 5.41) is 0. The van der Waals surface area contributed by atoms with Gasteiger partial charge in [0.15, 0.2) is 0 Å². The molecule has 0 bridgehead atoms. The first-order valence-electron chi connectivity index (χ1n) is 3.51. The molecule has 1 unspecified atom stereocenters. The molecule has 0 aliphatic heterocycles. The maximum absolute atomic E-state index is 3.77. The Hall–Kier alpha value is -0.300. The molecule has 0 aromatic carbocycles. The zero-order chi connectivity index (χ0) is 7.49. The highest BCUT2D eigenvalue weighted by atomic mass is 15.3. The van der Waals surface area contributed by atoms with Gasteiger partial charge in [0.05, 0.1) is 26.3 Å². The van der Waals surface area contributed by atoms with Gasteiger partial charge in [0.25, 0.3) is 0 Å². The van der Waals surface area contributed by atoms with Crippen molar-refractivity contribution in [2.24, 2.45) is 0 Å². The zero-order valence-corrected chi connectivity index (χ0v) is 7.02. The second-order valence-electron chi connectivity index (χ2n) is 3.07. The first kappa shape index (κ1) is 8.70. The average molecular weight is 128 g/mol. The van der Waals surface area contributed by atoms with Crippen molar-refractivity contribution in [1.82, 2.24) is 0 Å². The standard InChI is InChI=1S/C8H18N/c1-6-8(3)9(4,5)7-2/h7-8H,2,6H2,1,3-5H3/q+1. The largest absolute Gasteiger partial charge is 0.300 e. The van der Waals surface area contributed by atoms with Crippen molar-refractivity contribution < 1.29 is 4.48 Å². The molecular formula is C8H18N+. The van der Waals surface area contributed by atoms with Gasteiger partial charge in [-0.15, -0.1) is 0 Å².